The molecule has 1 aromatic heterocycles. The van der Waals surface area contributed by atoms with Crippen molar-refractivity contribution in [1.29, 1.82) is 0 Å². The van der Waals surface area contributed by atoms with Gasteiger partial charge < -0.3 is 10.6 Å². The minimum Gasteiger partial charge on any atom is -0.340 e. The van der Waals surface area contributed by atoms with E-state index in [9.17, 15) is 4.79 Å². The molecule has 0 amide bonds. The molecular formula is C14H23N5O. The van der Waals surface area contributed by atoms with Crippen LogP contribution in [-0.4, -0.2) is 54.1 Å². The number of aryl methyl sites for hydroxylation is 1. The Morgan fingerprint density at radius 1 is 1.15 bits per heavy atom. The molecule has 0 spiro atoms. The number of aromatic nitrogens is 2. The maximum atomic E-state index is 12.1. The molecule has 3 N–H and O–H groups in total. The molecule has 1 aliphatic heterocycles. The molecule has 0 atom stereocenters. The lowest BCUT2D eigenvalue weighted by molar-refractivity contribution is 0.263. The van der Waals surface area contributed by atoms with Crippen LogP contribution in [0.5, 0.6) is 0 Å². The number of aromatic amines is 1. The van der Waals surface area contributed by atoms with Crippen LogP contribution in [0.2, 0.25) is 0 Å². The van der Waals surface area contributed by atoms with Crippen LogP contribution < -0.4 is 16.2 Å². The Balaban J connectivity index is 1.75. The number of nitrogens with two attached hydrogens (primary N) is 1. The molecule has 20 heavy (non-hydrogen) atoms. The van der Waals surface area contributed by atoms with Crippen LogP contribution in [-0.2, 0) is 12.8 Å². The SMILES string of the molecule is NCCN1CCN(c2nc3c(c(=O)[nH]2)CCCC3)CC1. The van der Waals surface area contributed by atoms with E-state index < -0.39 is 0 Å². The van der Waals surface area contributed by atoms with Crippen molar-refractivity contribution in [2.45, 2.75) is 25.7 Å². The van der Waals surface area contributed by atoms with Gasteiger partial charge in [-0.2, -0.15) is 0 Å². The molecule has 0 unspecified atom stereocenters. The number of piperazine rings is 1. The van der Waals surface area contributed by atoms with Gasteiger partial charge in [0.15, 0.2) is 0 Å². The number of fused-ring (bicyclic) bond motifs is 1. The number of hydrogen-bond acceptors (Lipinski definition) is 5. The number of nitrogens with zero attached hydrogens (tertiary/aromatic N) is 3. The minimum atomic E-state index is 0.0640. The Labute approximate surface area is 119 Å². The predicted octanol–water partition coefficient (Wildman–Crippen LogP) is -0.271. The summed E-state index contributed by atoms with van der Waals surface area (Å²) >= 11 is 0. The first-order valence-electron chi connectivity index (χ1n) is 7.57. The standard InChI is InChI=1S/C14H23N5O/c15-5-6-18-7-9-19(10-8-18)14-16-12-4-2-1-3-11(12)13(20)17-14/h1-10,15H2,(H,16,17,20). The molecule has 0 radical (unpaired) electrons. The maximum absolute atomic E-state index is 12.1. The molecule has 1 aliphatic carbocycles. The second kappa shape index (κ2) is 5.93. The summed E-state index contributed by atoms with van der Waals surface area (Å²) in [4.78, 5) is 24.3. The molecule has 2 aliphatic rings. The van der Waals surface area contributed by atoms with Gasteiger partial charge in [-0.3, -0.25) is 14.7 Å². The molecular weight excluding hydrogens is 254 g/mol. The smallest absolute Gasteiger partial charge is 0.255 e. The normalized spacial score (nSPS) is 19.9. The molecule has 0 saturated carbocycles. The molecule has 0 aromatic carbocycles. The molecule has 1 aromatic rings. The maximum Gasteiger partial charge on any atom is 0.255 e. The zero-order valence-corrected chi connectivity index (χ0v) is 11.9. The van der Waals surface area contributed by atoms with E-state index in [0.717, 1.165) is 75.6 Å². The summed E-state index contributed by atoms with van der Waals surface area (Å²) in [7, 11) is 0. The summed E-state index contributed by atoms with van der Waals surface area (Å²) in [5.74, 6) is 0.753. The van der Waals surface area contributed by atoms with Crippen molar-refractivity contribution < 1.29 is 0 Å². The van der Waals surface area contributed by atoms with Crippen LogP contribution in [0.1, 0.15) is 24.1 Å². The first kappa shape index (κ1) is 13.6. The van der Waals surface area contributed by atoms with E-state index in [-0.39, 0.29) is 5.56 Å². The van der Waals surface area contributed by atoms with Gasteiger partial charge in [0, 0.05) is 44.8 Å². The number of hydrogen-bond donors (Lipinski definition) is 2. The van der Waals surface area contributed by atoms with Gasteiger partial charge in [-0.25, -0.2) is 4.98 Å². The van der Waals surface area contributed by atoms with E-state index in [1.807, 2.05) is 0 Å². The predicted molar refractivity (Wildman–Crippen MR) is 79.2 cm³/mol. The number of nitrogens with one attached hydrogen (secondary N) is 1. The first-order valence-corrected chi connectivity index (χ1v) is 7.57. The largest absolute Gasteiger partial charge is 0.340 e. The Morgan fingerprint density at radius 2 is 1.90 bits per heavy atom. The van der Waals surface area contributed by atoms with Gasteiger partial charge in [-0.1, -0.05) is 0 Å². The summed E-state index contributed by atoms with van der Waals surface area (Å²) in [6.45, 7) is 5.43. The highest BCUT2D eigenvalue weighted by Crippen LogP contribution is 2.18. The third kappa shape index (κ3) is 2.71. The van der Waals surface area contributed by atoms with Crippen molar-refractivity contribution in [3.05, 3.63) is 21.6 Å². The van der Waals surface area contributed by atoms with E-state index in [1.54, 1.807) is 0 Å². The zero-order chi connectivity index (χ0) is 13.9. The lowest BCUT2D eigenvalue weighted by Crippen LogP contribution is -2.48. The van der Waals surface area contributed by atoms with Gasteiger partial charge in [0.25, 0.3) is 5.56 Å². The molecule has 0 bridgehead atoms. The van der Waals surface area contributed by atoms with Crippen LogP contribution in [0.25, 0.3) is 0 Å². The van der Waals surface area contributed by atoms with Crippen LogP contribution >= 0.6 is 0 Å². The topological polar surface area (TPSA) is 78.2 Å². The number of anilines is 1. The second-order valence-corrected chi connectivity index (χ2v) is 5.64. The Hall–Kier alpha value is -1.40. The van der Waals surface area contributed by atoms with Gasteiger partial charge >= 0.3 is 0 Å². The Kier molecular flexibility index (Phi) is 4.03. The van der Waals surface area contributed by atoms with Crippen molar-refractivity contribution in [1.82, 2.24) is 14.9 Å². The highest BCUT2D eigenvalue weighted by Gasteiger charge is 2.21. The van der Waals surface area contributed by atoms with E-state index in [1.165, 1.54) is 0 Å². The third-order valence-corrected chi connectivity index (χ3v) is 4.30. The summed E-state index contributed by atoms with van der Waals surface area (Å²) in [6, 6.07) is 0. The van der Waals surface area contributed by atoms with Gasteiger partial charge in [-0.15, -0.1) is 0 Å². The zero-order valence-electron chi connectivity index (χ0n) is 11.9. The summed E-state index contributed by atoms with van der Waals surface area (Å²) in [6.07, 6.45) is 4.07. The molecule has 6 heteroatoms. The summed E-state index contributed by atoms with van der Waals surface area (Å²) in [5.41, 5.74) is 7.57. The molecule has 6 nitrogen and oxygen atoms in total. The molecule has 110 valence electrons. The van der Waals surface area contributed by atoms with Gasteiger partial charge in [0.05, 0.1) is 5.69 Å². The van der Waals surface area contributed by atoms with Crippen molar-refractivity contribution in [2.24, 2.45) is 5.73 Å². The number of H-pyrrole nitrogens is 1. The lowest BCUT2D eigenvalue weighted by Gasteiger charge is -2.35. The fraction of sp³-hybridized carbons (Fsp3) is 0.714. The van der Waals surface area contributed by atoms with E-state index in [0.29, 0.717) is 6.54 Å². The average Bonchev–Trinajstić information content (AvgIpc) is 2.48. The second-order valence-electron chi connectivity index (χ2n) is 5.64. The number of rotatable bonds is 3. The molecule has 3 rings (SSSR count). The van der Waals surface area contributed by atoms with Crippen molar-refractivity contribution >= 4 is 5.95 Å². The van der Waals surface area contributed by atoms with Crippen LogP contribution in [0, 0.1) is 0 Å². The van der Waals surface area contributed by atoms with Gasteiger partial charge in [0.1, 0.15) is 0 Å². The Morgan fingerprint density at radius 3 is 2.65 bits per heavy atom. The van der Waals surface area contributed by atoms with E-state index in [2.05, 4.69) is 14.8 Å². The monoisotopic (exact) mass is 277 g/mol. The minimum absolute atomic E-state index is 0.0640. The average molecular weight is 277 g/mol. The third-order valence-electron chi connectivity index (χ3n) is 4.30. The van der Waals surface area contributed by atoms with Crippen molar-refractivity contribution in [2.75, 3.05) is 44.2 Å². The van der Waals surface area contributed by atoms with Crippen LogP contribution in [0.3, 0.4) is 0 Å². The summed E-state index contributed by atoms with van der Waals surface area (Å²) < 4.78 is 0. The molecule has 2 heterocycles. The highest BCUT2D eigenvalue weighted by molar-refractivity contribution is 5.35. The van der Waals surface area contributed by atoms with Crippen LogP contribution in [0.15, 0.2) is 4.79 Å². The molecule has 1 saturated heterocycles. The fourth-order valence-corrected chi connectivity index (χ4v) is 3.11. The lowest BCUT2D eigenvalue weighted by atomic mass is 9.97. The van der Waals surface area contributed by atoms with Crippen molar-refractivity contribution in [3.8, 4) is 0 Å². The molecule has 1 fully saturated rings. The highest BCUT2D eigenvalue weighted by atomic mass is 16.1. The quantitative estimate of drug-likeness (QED) is 0.795. The summed E-state index contributed by atoms with van der Waals surface area (Å²) in [5, 5.41) is 0. The van der Waals surface area contributed by atoms with E-state index >= 15 is 0 Å². The van der Waals surface area contributed by atoms with Crippen LogP contribution in [0.4, 0.5) is 5.95 Å². The van der Waals surface area contributed by atoms with Gasteiger partial charge in [-0.05, 0) is 25.7 Å². The Bertz CT molecular complexity index is 519. The first-order chi connectivity index (χ1) is 9.78. The van der Waals surface area contributed by atoms with E-state index in [4.69, 9.17) is 10.7 Å². The van der Waals surface area contributed by atoms with Gasteiger partial charge in [0.2, 0.25) is 5.95 Å². The van der Waals surface area contributed by atoms with Crippen molar-refractivity contribution in [3.63, 3.8) is 0 Å². The fourth-order valence-electron chi connectivity index (χ4n) is 3.11.